The number of hydrogen-bond acceptors (Lipinski definition) is 9. The number of aromatic nitrogens is 1. The van der Waals surface area contributed by atoms with Crippen molar-refractivity contribution in [3.63, 3.8) is 0 Å². The first-order valence-electron chi connectivity index (χ1n) is 13.7. The van der Waals surface area contributed by atoms with Gasteiger partial charge in [-0.1, -0.05) is 35.6 Å². The van der Waals surface area contributed by atoms with E-state index in [4.69, 9.17) is 18.9 Å². The number of benzene rings is 2. The number of esters is 1. The molecule has 5 rings (SSSR count). The molecule has 1 amide bonds. The van der Waals surface area contributed by atoms with Crippen molar-refractivity contribution in [1.29, 1.82) is 0 Å². The summed E-state index contributed by atoms with van der Waals surface area (Å²) >= 11 is 1.25. The van der Waals surface area contributed by atoms with Crippen LogP contribution in [0.2, 0.25) is 0 Å². The fourth-order valence-electron chi connectivity index (χ4n) is 4.82. The molecule has 1 fully saturated rings. The molecule has 11 heteroatoms. The molecule has 3 aromatic rings. The van der Waals surface area contributed by atoms with Gasteiger partial charge in [-0.3, -0.25) is 14.2 Å². The molecule has 1 aromatic heterocycles. The first-order chi connectivity index (χ1) is 20.2. The standard InChI is InChI=1S/C31H33N3O7S/c1-19(2)41-30(37)27-20(3)32-31-34(28(27)22-7-11-23(38-4)12-8-22)29(36)25(42-31)17-21-5-9-24(10-6-21)40-18-26(35)33-13-15-39-16-14-33/h5-12,17,19,28H,13-16,18H2,1-4H3/b25-17+/t28-/m1/s1. The van der Waals surface area contributed by atoms with Crippen LogP contribution in [0.5, 0.6) is 11.5 Å². The third-order valence-corrected chi connectivity index (χ3v) is 7.90. The van der Waals surface area contributed by atoms with Crippen LogP contribution < -0.4 is 24.4 Å². The average molecular weight is 592 g/mol. The predicted molar refractivity (Wildman–Crippen MR) is 157 cm³/mol. The number of morpholine rings is 1. The van der Waals surface area contributed by atoms with Crippen LogP contribution in [0.4, 0.5) is 0 Å². The molecule has 2 aliphatic rings. The molecule has 0 spiro atoms. The first-order valence-corrected chi connectivity index (χ1v) is 14.5. The highest BCUT2D eigenvalue weighted by atomic mass is 32.1. The SMILES string of the molecule is COc1ccc([C@@H]2C(C(=O)OC(C)C)=C(C)N=c3s/c(=C/c4ccc(OCC(=O)N5CCOCC5)cc4)c(=O)n32)cc1. The van der Waals surface area contributed by atoms with Gasteiger partial charge in [0.1, 0.15) is 11.5 Å². The Morgan fingerprint density at radius 1 is 1.07 bits per heavy atom. The lowest BCUT2D eigenvalue weighted by atomic mass is 9.96. The van der Waals surface area contributed by atoms with Crippen LogP contribution >= 0.6 is 11.3 Å². The van der Waals surface area contributed by atoms with Gasteiger partial charge >= 0.3 is 5.97 Å². The third kappa shape index (κ3) is 6.32. The van der Waals surface area contributed by atoms with E-state index in [1.54, 1.807) is 67.7 Å². The number of methoxy groups -OCH3 is 1. The van der Waals surface area contributed by atoms with E-state index in [1.807, 2.05) is 24.3 Å². The summed E-state index contributed by atoms with van der Waals surface area (Å²) < 4.78 is 23.9. The van der Waals surface area contributed by atoms with E-state index < -0.39 is 12.0 Å². The quantitative estimate of drug-likeness (QED) is 0.370. The van der Waals surface area contributed by atoms with E-state index in [2.05, 4.69) is 4.99 Å². The van der Waals surface area contributed by atoms with Crippen molar-refractivity contribution in [2.24, 2.45) is 4.99 Å². The Hall–Kier alpha value is -4.22. The summed E-state index contributed by atoms with van der Waals surface area (Å²) in [6.45, 7) is 7.48. The lowest BCUT2D eigenvalue weighted by Crippen LogP contribution is -2.42. The normalized spacial score (nSPS) is 17.1. The van der Waals surface area contributed by atoms with Crippen molar-refractivity contribution in [3.05, 3.63) is 90.6 Å². The number of ether oxygens (including phenoxy) is 4. The lowest BCUT2D eigenvalue weighted by Gasteiger charge is -2.26. The fraction of sp³-hybridized carbons (Fsp3) is 0.355. The van der Waals surface area contributed by atoms with Gasteiger partial charge in [-0.15, -0.1) is 0 Å². The van der Waals surface area contributed by atoms with Crippen LogP contribution in [0.3, 0.4) is 0 Å². The molecular formula is C31H33N3O7S. The van der Waals surface area contributed by atoms with Crippen molar-refractivity contribution >= 4 is 29.3 Å². The molecule has 3 heterocycles. The summed E-state index contributed by atoms with van der Waals surface area (Å²) in [6.07, 6.45) is 1.45. The maximum atomic E-state index is 13.8. The molecule has 0 radical (unpaired) electrons. The molecule has 0 saturated carbocycles. The van der Waals surface area contributed by atoms with Crippen molar-refractivity contribution < 1.29 is 28.5 Å². The van der Waals surface area contributed by atoms with Crippen LogP contribution in [0, 0.1) is 0 Å². The van der Waals surface area contributed by atoms with E-state index in [0.717, 1.165) is 11.1 Å². The summed E-state index contributed by atoms with van der Waals surface area (Å²) in [4.78, 5) is 46.3. The van der Waals surface area contributed by atoms with Gasteiger partial charge in [0.2, 0.25) is 0 Å². The Bertz CT molecular complexity index is 1660. The minimum Gasteiger partial charge on any atom is -0.497 e. The Morgan fingerprint density at radius 2 is 1.74 bits per heavy atom. The van der Waals surface area contributed by atoms with Gasteiger partial charge in [-0.05, 0) is 62.2 Å². The zero-order chi connectivity index (χ0) is 29.8. The summed E-state index contributed by atoms with van der Waals surface area (Å²) in [7, 11) is 1.58. The predicted octanol–water partition coefficient (Wildman–Crippen LogP) is 2.43. The second kappa shape index (κ2) is 12.7. The largest absolute Gasteiger partial charge is 0.497 e. The zero-order valence-electron chi connectivity index (χ0n) is 24.0. The first kappa shape index (κ1) is 29.3. The molecule has 2 aromatic carbocycles. The van der Waals surface area contributed by atoms with Crippen LogP contribution in [-0.4, -0.2) is 67.5 Å². The van der Waals surface area contributed by atoms with Gasteiger partial charge in [0.05, 0.1) is 48.3 Å². The lowest BCUT2D eigenvalue weighted by molar-refractivity contribution is -0.143. The van der Waals surface area contributed by atoms with E-state index >= 15 is 0 Å². The van der Waals surface area contributed by atoms with Crippen molar-refractivity contribution in [2.75, 3.05) is 40.0 Å². The molecule has 0 unspecified atom stereocenters. The van der Waals surface area contributed by atoms with Crippen LogP contribution in [0.15, 0.2) is 69.6 Å². The molecule has 1 atom stereocenters. The van der Waals surface area contributed by atoms with E-state index in [0.29, 0.717) is 58.4 Å². The Balaban J connectivity index is 1.44. The Morgan fingerprint density at radius 3 is 2.38 bits per heavy atom. The van der Waals surface area contributed by atoms with Crippen LogP contribution in [0.1, 0.15) is 37.9 Å². The average Bonchev–Trinajstić information content (AvgIpc) is 3.29. The summed E-state index contributed by atoms with van der Waals surface area (Å²) in [6, 6.07) is 13.7. The molecule has 2 aliphatic heterocycles. The van der Waals surface area contributed by atoms with Crippen LogP contribution in [-0.2, 0) is 19.1 Å². The van der Waals surface area contributed by atoms with Gasteiger partial charge in [0.25, 0.3) is 11.5 Å². The van der Waals surface area contributed by atoms with E-state index in [-0.39, 0.29) is 24.2 Å². The summed E-state index contributed by atoms with van der Waals surface area (Å²) in [5, 5.41) is 0. The monoisotopic (exact) mass is 591 g/mol. The van der Waals surface area contributed by atoms with Crippen molar-refractivity contribution in [2.45, 2.75) is 32.9 Å². The topological polar surface area (TPSA) is 109 Å². The maximum absolute atomic E-state index is 13.8. The number of carbonyl (C=O) groups excluding carboxylic acids is 2. The van der Waals surface area contributed by atoms with Crippen LogP contribution in [0.25, 0.3) is 6.08 Å². The minimum atomic E-state index is -0.708. The number of fused-ring (bicyclic) bond motifs is 1. The Labute approximate surface area is 247 Å². The highest BCUT2D eigenvalue weighted by molar-refractivity contribution is 7.07. The molecule has 42 heavy (non-hydrogen) atoms. The fourth-order valence-corrected chi connectivity index (χ4v) is 5.87. The number of nitrogens with zero attached hydrogens (tertiary/aromatic N) is 3. The molecule has 0 bridgehead atoms. The van der Waals surface area contributed by atoms with Crippen molar-refractivity contribution in [3.8, 4) is 11.5 Å². The number of thiazole rings is 1. The molecule has 0 aliphatic carbocycles. The maximum Gasteiger partial charge on any atom is 0.338 e. The number of rotatable bonds is 8. The minimum absolute atomic E-state index is 0.0514. The molecule has 0 N–H and O–H groups in total. The summed E-state index contributed by atoms with van der Waals surface area (Å²) in [5.74, 6) is 0.626. The zero-order valence-corrected chi connectivity index (χ0v) is 24.8. The molecule has 220 valence electrons. The Kier molecular flexibility index (Phi) is 8.89. The highest BCUT2D eigenvalue weighted by Crippen LogP contribution is 2.32. The smallest absolute Gasteiger partial charge is 0.338 e. The van der Waals surface area contributed by atoms with Gasteiger partial charge in [0.15, 0.2) is 11.4 Å². The second-order valence-electron chi connectivity index (χ2n) is 10.2. The number of carbonyl (C=O) groups is 2. The van der Waals surface area contributed by atoms with Gasteiger partial charge in [-0.25, -0.2) is 9.79 Å². The summed E-state index contributed by atoms with van der Waals surface area (Å²) in [5.41, 5.74) is 2.08. The van der Waals surface area contributed by atoms with Gasteiger partial charge in [0, 0.05) is 13.1 Å². The highest BCUT2D eigenvalue weighted by Gasteiger charge is 2.33. The second-order valence-corrected chi connectivity index (χ2v) is 11.2. The van der Waals surface area contributed by atoms with E-state index in [9.17, 15) is 14.4 Å². The molecule has 1 saturated heterocycles. The van der Waals surface area contributed by atoms with E-state index in [1.165, 1.54) is 11.3 Å². The van der Waals surface area contributed by atoms with Gasteiger partial charge in [-0.2, -0.15) is 0 Å². The molecular weight excluding hydrogens is 558 g/mol. The molecule has 10 nitrogen and oxygen atoms in total. The van der Waals surface area contributed by atoms with Gasteiger partial charge < -0.3 is 23.8 Å². The number of amides is 1. The number of allylic oxidation sites excluding steroid dienone is 1. The number of hydrogen-bond donors (Lipinski definition) is 0. The van der Waals surface area contributed by atoms with Crippen molar-refractivity contribution in [1.82, 2.24) is 9.47 Å². The third-order valence-electron chi connectivity index (χ3n) is 6.92.